The Balaban J connectivity index is 1.54. The molecule has 2 aromatic carbocycles. The van der Waals surface area contributed by atoms with Gasteiger partial charge in [0, 0.05) is 21.7 Å². The van der Waals surface area contributed by atoms with Crippen molar-refractivity contribution in [2.45, 2.75) is 32.1 Å². The van der Waals surface area contributed by atoms with Gasteiger partial charge in [0.1, 0.15) is 5.00 Å². The lowest BCUT2D eigenvalue weighted by Crippen LogP contribution is -2.16. The number of carbonyl (C=O) groups is 2. The topological polar surface area (TPSA) is 55.4 Å². The number of anilines is 1. The van der Waals surface area contributed by atoms with Crippen LogP contribution in [0.5, 0.6) is 0 Å². The minimum absolute atomic E-state index is 0.0636. The van der Waals surface area contributed by atoms with Gasteiger partial charge in [0.25, 0.3) is 0 Å². The van der Waals surface area contributed by atoms with E-state index in [0.717, 1.165) is 22.4 Å². The van der Waals surface area contributed by atoms with Crippen LogP contribution in [0.15, 0.2) is 60.7 Å². The summed E-state index contributed by atoms with van der Waals surface area (Å²) >= 11 is 7.41. The minimum Gasteiger partial charge on any atom is -0.462 e. The number of hydrogen-bond donors (Lipinski definition) is 1. The van der Waals surface area contributed by atoms with Crippen molar-refractivity contribution in [2.75, 3.05) is 11.9 Å². The molecule has 1 aliphatic rings. The fourth-order valence-electron chi connectivity index (χ4n) is 3.75. The third-order valence-electron chi connectivity index (χ3n) is 5.63. The number of carbonyl (C=O) groups excluding carboxylic acids is 2. The number of benzene rings is 2. The smallest absolute Gasteiger partial charge is 0.341 e. The highest BCUT2D eigenvalue weighted by Gasteiger charge is 2.44. The first-order chi connectivity index (χ1) is 15.0. The van der Waals surface area contributed by atoms with Crippen LogP contribution in [0.4, 0.5) is 5.00 Å². The van der Waals surface area contributed by atoms with Crippen molar-refractivity contribution in [3.05, 3.63) is 87.3 Å². The Kier molecular flexibility index (Phi) is 6.44. The van der Waals surface area contributed by atoms with Crippen LogP contribution in [0.1, 0.15) is 58.5 Å². The van der Waals surface area contributed by atoms with E-state index in [1.165, 1.54) is 11.3 Å². The lowest BCUT2D eigenvalue weighted by molar-refractivity contribution is -0.117. The van der Waals surface area contributed by atoms with Crippen molar-refractivity contribution < 1.29 is 14.3 Å². The quantitative estimate of drug-likeness (QED) is 0.417. The highest BCUT2D eigenvalue weighted by molar-refractivity contribution is 7.16. The van der Waals surface area contributed by atoms with Crippen molar-refractivity contribution in [3.8, 4) is 0 Å². The van der Waals surface area contributed by atoms with Crippen LogP contribution in [-0.2, 0) is 9.53 Å². The van der Waals surface area contributed by atoms with Crippen molar-refractivity contribution in [3.63, 3.8) is 0 Å². The van der Waals surface area contributed by atoms with Crippen molar-refractivity contribution in [2.24, 2.45) is 5.92 Å². The molecule has 0 aliphatic heterocycles. The van der Waals surface area contributed by atoms with Crippen LogP contribution >= 0.6 is 22.9 Å². The van der Waals surface area contributed by atoms with Crippen molar-refractivity contribution >= 4 is 39.8 Å². The van der Waals surface area contributed by atoms with E-state index in [4.69, 9.17) is 16.3 Å². The van der Waals surface area contributed by atoms with E-state index in [-0.39, 0.29) is 30.3 Å². The maximum Gasteiger partial charge on any atom is 0.341 e. The third kappa shape index (κ3) is 4.83. The number of nitrogens with one attached hydrogen (secondary N) is 1. The molecule has 0 bridgehead atoms. The van der Waals surface area contributed by atoms with Gasteiger partial charge in [-0.15, -0.1) is 11.3 Å². The van der Waals surface area contributed by atoms with Gasteiger partial charge in [0.2, 0.25) is 5.91 Å². The van der Waals surface area contributed by atoms with Gasteiger partial charge >= 0.3 is 5.97 Å². The summed E-state index contributed by atoms with van der Waals surface area (Å²) in [7, 11) is 0. The van der Waals surface area contributed by atoms with Gasteiger partial charge in [-0.3, -0.25) is 4.79 Å². The summed E-state index contributed by atoms with van der Waals surface area (Å²) in [5.74, 6) is -0.288. The van der Waals surface area contributed by atoms with E-state index in [1.807, 2.05) is 48.5 Å². The zero-order valence-corrected chi connectivity index (χ0v) is 19.0. The van der Waals surface area contributed by atoms with Gasteiger partial charge in [0.05, 0.1) is 12.2 Å². The Morgan fingerprint density at radius 2 is 1.87 bits per heavy atom. The van der Waals surface area contributed by atoms with Crippen molar-refractivity contribution in [1.82, 2.24) is 0 Å². The molecule has 4 nitrogen and oxygen atoms in total. The molecule has 0 saturated heterocycles. The summed E-state index contributed by atoms with van der Waals surface area (Å²) in [4.78, 5) is 26.5. The molecule has 0 unspecified atom stereocenters. The maximum atomic E-state index is 12.9. The van der Waals surface area contributed by atoms with Gasteiger partial charge < -0.3 is 10.1 Å². The predicted octanol–water partition coefficient (Wildman–Crippen LogP) is 6.47. The highest BCUT2D eigenvalue weighted by atomic mass is 35.5. The Labute approximate surface area is 191 Å². The number of rotatable bonds is 7. The van der Waals surface area contributed by atoms with Gasteiger partial charge in [-0.25, -0.2) is 4.79 Å². The number of esters is 1. The molecule has 1 N–H and O–H groups in total. The zero-order valence-electron chi connectivity index (χ0n) is 17.4. The fourth-order valence-corrected chi connectivity index (χ4v) is 5.01. The Bertz CT molecular complexity index is 1080. The van der Waals surface area contributed by atoms with E-state index >= 15 is 0 Å². The summed E-state index contributed by atoms with van der Waals surface area (Å²) < 4.78 is 5.23. The summed E-state index contributed by atoms with van der Waals surface area (Å²) in [6.07, 6.45) is 0.793. The molecule has 160 valence electrons. The van der Waals surface area contributed by atoms with Crippen LogP contribution in [0, 0.1) is 5.92 Å². The van der Waals surface area contributed by atoms with Crippen LogP contribution in [-0.4, -0.2) is 18.5 Å². The predicted molar refractivity (Wildman–Crippen MR) is 125 cm³/mol. The van der Waals surface area contributed by atoms with Crippen LogP contribution < -0.4 is 5.32 Å². The van der Waals surface area contributed by atoms with Gasteiger partial charge in [-0.1, -0.05) is 61.0 Å². The standard InChI is InChI=1S/C25H24ClNO3S/c1-3-30-25(29)21-14-22(15(2)16-7-5-4-6-8-16)31-24(21)27-23(28)20-13-19(20)17-9-11-18(26)12-10-17/h4-12,14-15,19-20H,3,13H2,1-2H3,(H,27,28)/t15-,19-,20+/m1/s1. The van der Waals surface area contributed by atoms with Gasteiger partial charge in [-0.2, -0.15) is 0 Å². The average Bonchev–Trinajstić information content (AvgIpc) is 3.47. The summed E-state index contributed by atoms with van der Waals surface area (Å²) in [6.45, 7) is 4.16. The molecule has 3 atom stereocenters. The second kappa shape index (κ2) is 9.25. The first kappa shape index (κ1) is 21.6. The van der Waals surface area contributed by atoms with E-state index in [1.54, 1.807) is 6.92 Å². The Morgan fingerprint density at radius 3 is 2.55 bits per heavy atom. The number of amides is 1. The molecule has 4 rings (SSSR count). The van der Waals surface area contributed by atoms with E-state index in [9.17, 15) is 9.59 Å². The number of ether oxygens (including phenoxy) is 1. The second-order valence-corrected chi connectivity index (χ2v) is 9.25. The van der Waals surface area contributed by atoms with Gasteiger partial charge in [-0.05, 0) is 48.6 Å². The molecule has 1 saturated carbocycles. The normalized spacial score (nSPS) is 18.3. The number of thiophene rings is 1. The molecule has 0 radical (unpaired) electrons. The number of halogens is 1. The SMILES string of the molecule is CCOC(=O)c1cc([C@H](C)c2ccccc2)sc1NC(=O)[C@H]1C[C@@H]1c1ccc(Cl)cc1. The summed E-state index contributed by atoms with van der Waals surface area (Å²) in [5, 5.41) is 4.24. The third-order valence-corrected chi connectivity index (χ3v) is 7.12. The largest absolute Gasteiger partial charge is 0.462 e. The second-order valence-electron chi connectivity index (χ2n) is 7.73. The first-order valence-corrected chi connectivity index (χ1v) is 11.6. The molecule has 3 aromatic rings. The molecular weight excluding hydrogens is 430 g/mol. The monoisotopic (exact) mass is 453 g/mol. The summed E-state index contributed by atoms with van der Waals surface area (Å²) in [6, 6.07) is 19.6. The van der Waals surface area contributed by atoms with Crippen LogP contribution in [0.3, 0.4) is 0 Å². The van der Waals surface area contributed by atoms with E-state index in [2.05, 4.69) is 24.4 Å². The Hall–Kier alpha value is -2.63. The molecule has 1 amide bonds. The van der Waals surface area contributed by atoms with Gasteiger partial charge in [0.15, 0.2) is 0 Å². The number of hydrogen-bond acceptors (Lipinski definition) is 4. The van der Waals surface area contributed by atoms with Crippen molar-refractivity contribution in [1.29, 1.82) is 0 Å². The Morgan fingerprint density at radius 1 is 1.16 bits per heavy atom. The van der Waals surface area contributed by atoms with Crippen LogP contribution in [0.25, 0.3) is 0 Å². The molecule has 6 heteroatoms. The fraction of sp³-hybridized carbons (Fsp3) is 0.280. The molecule has 1 aromatic heterocycles. The molecular formula is C25H24ClNO3S. The zero-order chi connectivity index (χ0) is 22.0. The molecule has 1 aliphatic carbocycles. The molecule has 1 heterocycles. The van der Waals surface area contributed by atoms with E-state index < -0.39 is 5.97 Å². The van der Waals surface area contributed by atoms with E-state index in [0.29, 0.717) is 15.6 Å². The lowest BCUT2D eigenvalue weighted by atomic mass is 9.99. The first-order valence-electron chi connectivity index (χ1n) is 10.4. The highest BCUT2D eigenvalue weighted by Crippen LogP contribution is 2.48. The molecule has 1 fully saturated rings. The maximum absolute atomic E-state index is 12.9. The summed E-state index contributed by atoms with van der Waals surface area (Å²) in [5.41, 5.74) is 2.68. The lowest BCUT2D eigenvalue weighted by Gasteiger charge is -2.09. The molecule has 31 heavy (non-hydrogen) atoms. The minimum atomic E-state index is -0.411. The molecule has 0 spiro atoms. The van der Waals surface area contributed by atoms with Crippen LogP contribution in [0.2, 0.25) is 5.02 Å². The average molecular weight is 454 g/mol.